The fourth-order valence-electron chi connectivity index (χ4n) is 2.38. The van der Waals surface area contributed by atoms with Gasteiger partial charge in [0, 0.05) is 30.0 Å². The van der Waals surface area contributed by atoms with E-state index in [9.17, 15) is 5.11 Å². The summed E-state index contributed by atoms with van der Waals surface area (Å²) >= 11 is 3.40. The van der Waals surface area contributed by atoms with Crippen LogP contribution in [-0.2, 0) is 6.54 Å². The first-order valence-electron chi connectivity index (χ1n) is 6.21. The number of hydrogen-bond acceptors (Lipinski definition) is 3. The summed E-state index contributed by atoms with van der Waals surface area (Å²) in [5.41, 5.74) is 0.649. The van der Waals surface area contributed by atoms with Crippen LogP contribution >= 0.6 is 15.9 Å². The average Bonchev–Trinajstić information content (AvgIpc) is 2.30. The zero-order valence-corrected chi connectivity index (χ0v) is 11.5. The topological polar surface area (TPSA) is 45.1 Å². The molecule has 1 aliphatic carbocycles. The van der Waals surface area contributed by atoms with Crippen LogP contribution in [0.15, 0.2) is 22.9 Å². The van der Waals surface area contributed by atoms with Gasteiger partial charge in [0.1, 0.15) is 0 Å². The fraction of sp³-hybridized carbons (Fsp3) is 0.615. The molecule has 0 radical (unpaired) electrons. The third kappa shape index (κ3) is 4.05. The van der Waals surface area contributed by atoms with Crippen LogP contribution in [-0.4, -0.2) is 22.2 Å². The van der Waals surface area contributed by atoms with Gasteiger partial charge >= 0.3 is 0 Å². The molecule has 1 aromatic heterocycles. The van der Waals surface area contributed by atoms with Crippen molar-refractivity contribution in [1.29, 1.82) is 0 Å². The van der Waals surface area contributed by atoms with Crippen molar-refractivity contribution in [2.45, 2.75) is 44.2 Å². The van der Waals surface area contributed by atoms with Gasteiger partial charge in [-0.1, -0.05) is 19.3 Å². The van der Waals surface area contributed by atoms with Gasteiger partial charge in [0.05, 0.1) is 5.60 Å². The first-order chi connectivity index (χ1) is 8.18. The number of nitrogens with one attached hydrogen (secondary N) is 1. The van der Waals surface area contributed by atoms with Crippen molar-refractivity contribution in [1.82, 2.24) is 10.3 Å². The molecule has 1 heterocycles. The summed E-state index contributed by atoms with van der Waals surface area (Å²) in [6.45, 7) is 1.44. The Morgan fingerprint density at radius 3 is 2.76 bits per heavy atom. The zero-order chi connectivity index (χ0) is 12.1. The maximum absolute atomic E-state index is 10.3. The van der Waals surface area contributed by atoms with Gasteiger partial charge in [0.25, 0.3) is 0 Å². The average molecular weight is 299 g/mol. The van der Waals surface area contributed by atoms with E-state index in [1.54, 1.807) is 6.20 Å². The Morgan fingerprint density at radius 1 is 1.29 bits per heavy atom. The molecule has 0 spiro atoms. The van der Waals surface area contributed by atoms with Crippen LogP contribution in [0.5, 0.6) is 0 Å². The van der Waals surface area contributed by atoms with Crippen LogP contribution in [0, 0.1) is 0 Å². The standard InChI is InChI=1S/C13H19BrN2O/c14-12-6-11(7-15-9-12)8-16-10-13(17)4-2-1-3-5-13/h6-7,9,16-17H,1-5,8,10H2. The SMILES string of the molecule is OC1(CNCc2cncc(Br)c2)CCCCC1. The van der Waals surface area contributed by atoms with Crippen LogP contribution in [0.1, 0.15) is 37.7 Å². The van der Waals surface area contributed by atoms with E-state index in [1.165, 1.54) is 6.42 Å². The van der Waals surface area contributed by atoms with E-state index in [-0.39, 0.29) is 0 Å². The molecule has 17 heavy (non-hydrogen) atoms. The Balaban J connectivity index is 1.79. The van der Waals surface area contributed by atoms with Gasteiger partial charge in [0.15, 0.2) is 0 Å². The van der Waals surface area contributed by atoms with Crippen molar-refractivity contribution in [3.8, 4) is 0 Å². The third-order valence-corrected chi connectivity index (χ3v) is 3.76. The van der Waals surface area contributed by atoms with Crippen molar-refractivity contribution >= 4 is 15.9 Å². The molecular weight excluding hydrogens is 280 g/mol. The highest BCUT2D eigenvalue weighted by atomic mass is 79.9. The van der Waals surface area contributed by atoms with E-state index in [4.69, 9.17) is 0 Å². The third-order valence-electron chi connectivity index (χ3n) is 3.33. The second-order valence-corrected chi connectivity index (χ2v) is 5.82. The first-order valence-corrected chi connectivity index (χ1v) is 7.00. The lowest BCUT2D eigenvalue weighted by Crippen LogP contribution is -2.41. The molecule has 1 fully saturated rings. The number of halogens is 1. The molecule has 1 aliphatic rings. The Kier molecular flexibility index (Phi) is 4.54. The maximum atomic E-state index is 10.3. The molecule has 4 heteroatoms. The number of aliphatic hydroxyl groups is 1. The van der Waals surface area contributed by atoms with E-state index in [2.05, 4.69) is 26.2 Å². The molecule has 0 aromatic carbocycles. The number of hydrogen-bond donors (Lipinski definition) is 2. The van der Waals surface area contributed by atoms with Crippen molar-refractivity contribution in [3.05, 3.63) is 28.5 Å². The number of aromatic nitrogens is 1. The van der Waals surface area contributed by atoms with E-state index >= 15 is 0 Å². The molecule has 0 amide bonds. The molecule has 2 rings (SSSR count). The van der Waals surface area contributed by atoms with Crippen LogP contribution in [0.4, 0.5) is 0 Å². The lowest BCUT2D eigenvalue weighted by atomic mass is 9.85. The first kappa shape index (κ1) is 13.0. The van der Waals surface area contributed by atoms with Gasteiger partial charge in [-0.15, -0.1) is 0 Å². The Hall–Kier alpha value is -0.450. The monoisotopic (exact) mass is 298 g/mol. The van der Waals surface area contributed by atoms with E-state index in [0.29, 0.717) is 6.54 Å². The zero-order valence-electron chi connectivity index (χ0n) is 9.95. The number of rotatable bonds is 4. The lowest BCUT2D eigenvalue weighted by molar-refractivity contribution is 0.00467. The predicted molar refractivity (Wildman–Crippen MR) is 71.7 cm³/mol. The van der Waals surface area contributed by atoms with Gasteiger partial charge < -0.3 is 10.4 Å². The minimum absolute atomic E-state index is 0.488. The maximum Gasteiger partial charge on any atom is 0.0771 e. The van der Waals surface area contributed by atoms with Gasteiger partial charge in [-0.2, -0.15) is 0 Å². The van der Waals surface area contributed by atoms with Crippen molar-refractivity contribution in [2.75, 3.05) is 6.54 Å². The van der Waals surface area contributed by atoms with Crippen molar-refractivity contribution in [3.63, 3.8) is 0 Å². The molecule has 94 valence electrons. The molecule has 3 nitrogen and oxygen atoms in total. The van der Waals surface area contributed by atoms with Crippen LogP contribution < -0.4 is 5.32 Å². The summed E-state index contributed by atoms with van der Waals surface area (Å²) in [6.07, 6.45) is 9.04. The Morgan fingerprint density at radius 2 is 2.06 bits per heavy atom. The fourth-order valence-corrected chi connectivity index (χ4v) is 2.79. The molecule has 1 aromatic rings. The summed E-state index contributed by atoms with van der Waals surface area (Å²) in [5.74, 6) is 0. The normalized spacial score (nSPS) is 19.2. The highest BCUT2D eigenvalue weighted by Gasteiger charge is 2.28. The van der Waals surface area contributed by atoms with Gasteiger partial charge in [-0.25, -0.2) is 0 Å². The smallest absolute Gasteiger partial charge is 0.0771 e. The molecular formula is C13H19BrN2O. The molecule has 0 atom stereocenters. The minimum Gasteiger partial charge on any atom is -0.389 e. The molecule has 0 aliphatic heterocycles. The number of nitrogens with zero attached hydrogens (tertiary/aromatic N) is 1. The number of pyridine rings is 1. The lowest BCUT2D eigenvalue weighted by Gasteiger charge is -2.32. The molecule has 0 bridgehead atoms. The summed E-state index contributed by atoms with van der Waals surface area (Å²) in [4.78, 5) is 4.12. The highest BCUT2D eigenvalue weighted by Crippen LogP contribution is 2.27. The summed E-state index contributed by atoms with van der Waals surface area (Å²) in [6, 6.07) is 2.05. The molecule has 2 N–H and O–H groups in total. The summed E-state index contributed by atoms with van der Waals surface area (Å²) in [7, 11) is 0. The van der Waals surface area contributed by atoms with Gasteiger partial charge in [-0.3, -0.25) is 4.98 Å². The van der Waals surface area contributed by atoms with E-state index in [0.717, 1.165) is 42.3 Å². The highest BCUT2D eigenvalue weighted by molar-refractivity contribution is 9.10. The molecule has 0 unspecified atom stereocenters. The van der Waals surface area contributed by atoms with Crippen molar-refractivity contribution in [2.24, 2.45) is 0 Å². The van der Waals surface area contributed by atoms with Crippen LogP contribution in [0.25, 0.3) is 0 Å². The summed E-state index contributed by atoms with van der Waals surface area (Å²) < 4.78 is 0.994. The van der Waals surface area contributed by atoms with Gasteiger partial charge in [0.2, 0.25) is 0 Å². The predicted octanol–water partition coefficient (Wildman–Crippen LogP) is 2.63. The summed E-state index contributed by atoms with van der Waals surface area (Å²) in [5, 5.41) is 13.6. The molecule has 1 saturated carbocycles. The largest absolute Gasteiger partial charge is 0.389 e. The van der Waals surface area contributed by atoms with E-state index < -0.39 is 5.60 Å². The van der Waals surface area contributed by atoms with Gasteiger partial charge in [-0.05, 0) is 40.4 Å². The Bertz CT molecular complexity index is 364. The Labute approximate surface area is 111 Å². The van der Waals surface area contributed by atoms with Crippen LogP contribution in [0.2, 0.25) is 0 Å². The quantitative estimate of drug-likeness (QED) is 0.898. The minimum atomic E-state index is -0.488. The van der Waals surface area contributed by atoms with Crippen molar-refractivity contribution < 1.29 is 5.11 Å². The van der Waals surface area contributed by atoms with E-state index in [1.807, 2.05) is 12.3 Å². The second-order valence-electron chi connectivity index (χ2n) is 4.90. The van der Waals surface area contributed by atoms with Crippen LogP contribution in [0.3, 0.4) is 0 Å². The molecule has 0 saturated heterocycles. The second kappa shape index (κ2) is 5.94.